The second kappa shape index (κ2) is 5.49. The molecule has 0 aliphatic rings. The van der Waals surface area contributed by atoms with Gasteiger partial charge in [0, 0.05) is 18.8 Å². The van der Waals surface area contributed by atoms with Crippen LogP contribution in [0, 0.1) is 6.92 Å². The van der Waals surface area contributed by atoms with E-state index in [4.69, 9.17) is 0 Å². The molecule has 0 aromatic carbocycles. The Morgan fingerprint density at radius 2 is 2.31 bits per heavy atom. The molecular formula is C11H16N2. The van der Waals surface area contributed by atoms with Gasteiger partial charge in [-0.2, -0.15) is 0 Å². The van der Waals surface area contributed by atoms with E-state index >= 15 is 0 Å². The van der Waals surface area contributed by atoms with E-state index in [9.17, 15) is 0 Å². The normalized spacial score (nSPS) is 10.9. The van der Waals surface area contributed by atoms with Crippen molar-refractivity contribution in [1.82, 2.24) is 10.3 Å². The van der Waals surface area contributed by atoms with Crippen LogP contribution in [-0.2, 0) is 6.54 Å². The Morgan fingerprint density at radius 1 is 1.46 bits per heavy atom. The number of aryl methyl sites for hydroxylation is 1. The van der Waals surface area contributed by atoms with Gasteiger partial charge in [0.1, 0.15) is 0 Å². The third-order valence-electron chi connectivity index (χ3n) is 1.75. The van der Waals surface area contributed by atoms with Gasteiger partial charge in [-0.05, 0) is 26.0 Å². The highest BCUT2D eigenvalue weighted by atomic mass is 14.9. The maximum atomic E-state index is 4.38. The van der Waals surface area contributed by atoms with Gasteiger partial charge >= 0.3 is 0 Å². The summed E-state index contributed by atoms with van der Waals surface area (Å²) in [6.45, 7) is 5.78. The molecule has 0 saturated heterocycles. The Balaban J connectivity index is 2.36. The zero-order chi connectivity index (χ0) is 9.52. The SMILES string of the molecule is C/C=C/CNCc1cccc(C)n1. The minimum atomic E-state index is 0.839. The van der Waals surface area contributed by atoms with Crippen LogP contribution >= 0.6 is 0 Å². The lowest BCUT2D eigenvalue weighted by atomic mass is 10.3. The Hall–Kier alpha value is -1.15. The minimum Gasteiger partial charge on any atom is -0.308 e. The summed E-state index contributed by atoms with van der Waals surface area (Å²) in [5.41, 5.74) is 2.18. The van der Waals surface area contributed by atoms with Gasteiger partial charge in [0.15, 0.2) is 0 Å². The fraction of sp³-hybridized carbons (Fsp3) is 0.364. The first-order valence-electron chi connectivity index (χ1n) is 4.57. The molecule has 13 heavy (non-hydrogen) atoms. The van der Waals surface area contributed by atoms with Crippen LogP contribution in [0.25, 0.3) is 0 Å². The van der Waals surface area contributed by atoms with E-state index in [1.54, 1.807) is 0 Å². The maximum absolute atomic E-state index is 4.38. The second-order valence-corrected chi connectivity index (χ2v) is 2.97. The third kappa shape index (κ3) is 3.85. The molecule has 0 aliphatic carbocycles. The van der Waals surface area contributed by atoms with Gasteiger partial charge < -0.3 is 5.32 Å². The topological polar surface area (TPSA) is 24.9 Å². The molecule has 0 unspecified atom stereocenters. The van der Waals surface area contributed by atoms with E-state index in [1.165, 1.54) is 0 Å². The molecule has 1 rings (SSSR count). The highest BCUT2D eigenvalue weighted by molar-refractivity contribution is 5.09. The number of aromatic nitrogens is 1. The van der Waals surface area contributed by atoms with Crippen molar-refractivity contribution >= 4 is 0 Å². The summed E-state index contributed by atoms with van der Waals surface area (Å²) in [6, 6.07) is 6.08. The predicted molar refractivity (Wildman–Crippen MR) is 55.5 cm³/mol. The van der Waals surface area contributed by atoms with Crippen molar-refractivity contribution in [2.24, 2.45) is 0 Å². The lowest BCUT2D eigenvalue weighted by molar-refractivity contribution is 0.737. The molecule has 0 radical (unpaired) electrons. The highest BCUT2D eigenvalue weighted by Gasteiger charge is 1.92. The molecule has 70 valence electrons. The number of pyridine rings is 1. The number of rotatable bonds is 4. The lowest BCUT2D eigenvalue weighted by Gasteiger charge is -2.01. The largest absolute Gasteiger partial charge is 0.308 e. The summed E-state index contributed by atoms with van der Waals surface area (Å²) >= 11 is 0. The van der Waals surface area contributed by atoms with Crippen LogP contribution in [0.3, 0.4) is 0 Å². The number of nitrogens with zero attached hydrogens (tertiary/aromatic N) is 1. The molecular weight excluding hydrogens is 160 g/mol. The van der Waals surface area contributed by atoms with E-state index in [2.05, 4.69) is 16.4 Å². The van der Waals surface area contributed by atoms with E-state index in [0.29, 0.717) is 0 Å². The number of hydrogen-bond acceptors (Lipinski definition) is 2. The van der Waals surface area contributed by atoms with E-state index in [1.807, 2.05) is 38.1 Å². The van der Waals surface area contributed by atoms with E-state index in [-0.39, 0.29) is 0 Å². The van der Waals surface area contributed by atoms with Gasteiger partial charge in [0.05, 0.1) is 5.69 Å². The Bertz CT molecular complexity index is 279. The van der Waals surface area contributed by atoms with Crippen molar-refractivity contribution in [3.05, 3.63) is 41.7 Å². The van der Waals surface area contributed by atoms with Gasteiger partial charge in [-0.3, -0.25) is 4.98 Å². The Morgan fingerprint density at radius 3 is 3.00 bits per heavy atom. The van der Waals surface area contributed by atoms with Crippen LogP contribution < -0.4 is 5.32 Å². The molecule has 1 heterocycles. The van der Waals surface area contributed by atoms with Crippen molar-refractivity contribution in [2.45, 2.75) is 20.4 Å². The lowest BCUT2D eigenvalue weighted by Crippen LogP contribution is -2.13. The molecule has 1 N–H and O–H groups in total. The average Bonchev–Trinajstić information content (AvgIpc) is 2.13. The zero-order valence-electron chi connectivity index (χ0n) is 8.25. The van der Waals surface area contributed by atoms with E-state index < -0.39 is 0 Å². The van der Waals surface area contributed by atoms with Crippen LogP contribution in [-0.4, -0.2) is 11.5 Å². The summed E-state index contributed by atoms with van der Waals surface area (Å²) in [4.78, 5) is 4.38. The summed E-state index contributed by atoms with van der Waals surface area (Å²) in [6.07, 6.45) is 4.13. The molecule has 2 nitrogen and oxygen atoms in total. The van der Waals surface area contributed by atoms with Crippen LogP contribution in [0.5, 0.6) is 0 Å². The van der Waals surface area contributed by atoms with Gasteiger partial charge in [0.2, 0.25) is 0 Å². The minimum absolute atomic E-state index is 0.839. The third-order valence-corrected chi connectivity index (χ3v) is 1.75. The first-order valence-corrected chi connectivity index (χ1v) is 4.57. The molecule has 1 aromatic rings. The number of hydrogen-bond donors (Lipinski definition) is 1. The van der Waals surface area contributed by atoms with Gasteiger partial charge in [0.25, 0.3) is 0 Å². The highest BCUT2D eigenvalue weighted by Crippen LogP contribution is 1.96. The fourth-order valence-electron chi connectivity index (χ4n) is 1.10. The standard InChI is InChI=1S/C11H16N2/c1-3-4-8-12-9-11-7-5-6-10(2)13-11/h3-7,12H,8-9H2,1-2H3/b4-3+. The molecule has 1 aromatic heterocycles. The first kappa shape index (κ1) is 9.93. The fourth-order valence-corrected chi connectivity index (χ4v) is 1.10. The number of allylic oxidation sites excluding steroid dienone is 1. The average molecular weight is 176 g/mol. The molecule has 0 fully saturated rings. The molecule has 0 saturated carbocycles. The first-order chi connectivity index (χ1) is 6.33. The Labute approximate surface area is 79.7 Å². The van der Waals surface area contributed by atoms with Gasteiger partial charge in [-0.1, -0.05) is 18.2 Å². The zero-order valence-corrected chi connectivity index (χ0v) is 8.25. The van der Waals surface area contributed by atoms with Crippen LogP contribution in [0.2, 0.25) is 0 Å². The van der Waals surface area contributed by atoms with Crippen molar-refractivity contribution in [2.75, 3.05) is 6.54 Å². The van der Waals surface area contributed by atoms with Crippen LogP contribution in [0.15, 0.2) is 30.4 Å². The number of nitrogens with one attached hydrogen (secondary N) is 1. The second-order valence-electron chi connectivity index (χ2n) is 2.97. The monoisotopic (exact) mass is 176 g/mol. The molecule has 0 aliphatic heterocycles. The van der Waals surface area contributed by atoms with Crippen molar-refractivity contribution < 1.29 is 0 Å². The predicted octanol–water partition coefficient (Wildman–Crippen LogP) is 2.06. The molecule has 0 spiro atoms. The van der Waals surface area contributed by atoms with Crippen molar-refractivity contribution in [3.63, 3.8) is 0 Å². The van der Waals surface area contributed by atoms with Crippen molar-refractivity contribution in [3.8, 4) is 0 Å². The summed E-state index contributed by atoms with van der Waals surface area (Å²) < 4.78 is 0. The molecule has 0 atom stereocenters. The van der Waals surface area contributed by atoms with Crippen LogP contribution in [0.1, 0.15) is 18.3 Å². The molecule has 0 bridgehead atoms. The Kier molecular flexibility index (Phi) is 4.19. The van der Waals surface area contributed by atoms with Gasteiger partial charge in [-0.25, -0.2) is 0 Å². The smallest absolute Gasteiger partial charge is 0.0544 e. The van der Waals surface area contributed by atoms with Gasteiger partial charge in [-0.15, -0.1) is 0 Å². The summed E-state index contributed by atoms with van der Waals surface area (Å²) in [7, 11) is 0. The molecule has 0 amide bonds. The van der Waals surface area contributed by atoms with Crippen molar-refractivity contribution in [1.29, 1.82) is 0 Å². The molecule has 2 heteroatoms. The van der Waals surface area contributed by atoms with E-state index in [0.717, 1.165) is 24.5 Å². The quantitative estimate of drug-likeness (QED) is 0.561. The maximum Gasteiger partial charge on any atom is 0.0544 e. The summed E-state index contributed by atoms with van der Waals surface area (Å²) in [5, 5.41) is 3.28. The van der Waals surface area contributed by atoms with Crippen LogP contribution in [0.4, 0.5) is 0 Å². The summed E-state index contributed by atoms with van der Waals surface area (Å²) in [5.74, 6) is 0.